The first kappa shape index (κ1) is 6.84. The monoisotopic (exact) mass is 162 g/mol. The van der Waals surface area contributed by atoms with Crippen molar-refractivity contribution < 1.29 is 9.05 Å². The Morgan fingerprint density at radius 3 is 1.75 bits per heavy atom. The second kappa shape index (κ2) is 3.04. The SMILES string of the molecule is C(=Cc1cnoc1)c1cnoc1. The normalized spacial score (nSPS) is 11.0. The lowest BCUT2D eigenvalue weighted by atomic mass is 10.2. The lowest BCUT2D eigenvalue weighted by Gasteiger charge is -1.78. The van der Waals surface area contributed by atoms with E-state index in [1.165, 1.54) is 0 Å². The van der Waals surface area contributed by atoms with Crippen molar-refractivity contribution in [1.82, 2.24) is 10.3 Å². The van der Waals surface area contributed by atoms with Crippen LogP contribution in [-0.2, 0) is 0 Å². The molecule has 4 nitrogen and oxygen atoms in total. The number of nitrogens with zero attached hydrogens (tertiary/aromatic N) is 2. The molecule has 0 unspecified atom stereocenters. The van der Waals surface area contributed by atoms with Gasteiger partial charge in [-0.3, -0.25) is 0 Å². The van der Waals surface area contributed by atoms with Crippen molar-refractivity contribution in [1.29, 1.82) is 0 Å². The number of aromatic nitrogens is 2. The second-order valence-corrected chi connectivity index (χ2v) is 2.25. The maximum atomic E-state index is 4.64. The maximum absolute atomic E-state index is 4.64. The van der Waals surface area contributed by atoms with E-state index in [1.807, 2.05) is 12.2 Å². The summed E-state index contributed by atoms with van der Waals surface area (Å²) in [5.41, 5.74) is 1.83. The average Bonchev–Trinajstić information content (AvgIpc) is 2.74. The Balaban J connectivity index is 2.14. The summed E-state index contributed by atoms with van der Waals surface area (Å²) in [6.07, 6.45) is 10.1. The van der Waals surface area contributed by atoms with Gasteiger partial charge in [-0.1, -0.05) is 10.3 Å². The van der Waals surface area contributed by atoms with Gasteiger partial charge in [0.2, 0.25) is 0 Å². The van der Waals surface area contributed by atoms with Gasteiger partial charge in [-0.2, -0.15) is 0 Å². The van der Waals surface area contributed by atoms with E-state index >= 15 is 0 Å². The van der Waals surface area contributed by atoms with Crippen LogP contribution in [0.1, 0.15) is 11.1 Å². The fourth-order valence-corrected chi connectivity index (χ4v) is 0.783. The van der Waals surface area contributed by atoms with Crippen LogP contribution in [-0.4, -0.2) is 10.3 Å². The van der Waals surface area contributed by atoms with Gasteiger partial charge in [0.05, 0.1) is 12.4 Å². The molecular formula is C8H6N2O2. The van der Waals surface area contributed by atoms with Crippen LogP contribution in [0.3, 0.4) is 0 Å². The summed E-state index contributed by atoms with van der Waals surface area (Å²) < 4.78 is 9.29. The summed E-state index contributed by atoms with van der Waals surface area (Å²) in [5, 5.41) is 7.11. The number of hydrogen-bond donors (Lipinski definition) is 0. The van der Waals surface area contributed by atoms with Crippen molar-refractivity contribution in [2.24, 2.45) is 0 Å². The molecule has 0 N–H and O–H groups in total. The van der Waals surface area contributed by atoms with E-state index in [0.29, 0.717) is 0 Å². The van der Waals surface area contributed by atoms with Crippen molar-refractivity contribution in [2.45, 2.75) is 0 Å². The Morgan fingerprint density at radius 2 is 1.42 bits per heavy atom. The molecule has 4 heteroatoms. The zero-order valence-corrected chi connectivity index (χ0v) is 6.18. The third kappa shape index (κ3) is 1.42. The molecule has 12 heavy (non-hydrogen) atoms. The van der Waals surface area contributed by atoms with Crippen molar-refractivity contribution in [3.8, 4) is 0 Å². The topological polar surface area (TPSA) is 52.1 Å². The Morgan fingerprint density at radius 1 is 0.917 bits per heavy atom. The van der Waals surface area contributed by atoms with Crippen molar-refractivity contribution in [2.75, 3.05) is 0 Å². The molecule has 2 rings (SSSR count). The predicted octanol–water partition coefficient (Wildman–Crippen LogP) is 1.83. The fourth-order valence-electron chi connectivity index (χ4n) is 0.783. The first-order valence-electron chi connectivity index (χ1n) is 3.42. The molecule has 0 aliphatic carbocycles. The molecule has 2 aromatic rings. The van der Waals surface area contributed by atoms with E-state index in [4.69, 9.17) is 0 Å². The van der Waals surface area contributed by atoms with E-state index < -0.39 is 0 Å². The molecule has 0 bridgehead atoms. The highest BCUT2D eigenvalue weighted by Crippen LogP contribution is 2.05. The lowest BCUT2D eigenvalue weighted by Crippen LogP contribution is -1.62. The first-order chi connectivity index (χ1) is 5.95. The van der Waals surface area contributed by atoms with Gasteiger partial charge in [0.25, 0.3) is 0 Å². The highest BCUT2D eigenvalue weighted by atomic mass is 16.5. The zero-order valence-electron chi connectivity index (χ0n) is 6.18. The smallest absolute Gasteiger partial charge is 0.131 e. The van der Waals surface area contributed by atoms with E-state index in [1.54, 1.807) is 24.9 Å². The molecule has 0 aromatic carbocycles. The minimum Gasteiger partial charge on any atom is -0.364 e. The summed E-state index contributed by atoms with van der Waals surface area (Å²) in [7, 11) is 0. The van der Waals surface area contributed by atoms with E-state index in [0.717, 1.165) is 11.1 Å². The molecule has 0 spiro atoms. The molecule has 2 heterocycles. The van der Waals surface area contributed by atoms with Gasteiger partial charge in [-0.15, -0.1) is 0 Å². The molecule has 0 amide bonds. The average molecular weight is 162 g/mol. The molecule has 0 aliphatic heterocycles. The third-order valence-corrected chi connectivity index (χ3v) is 1.37. The summed E-state index contributed by atoms with van der Waals surface area (Å²) >= 11 is 0. The van der Waals surface area contributed by atoms with E-state index in [9.17, 15) is 0 Å². The van der Waals surface area contributed by atoms with Crippen LogP contribution in [0.5, 0.6) is 0 Å². The van der Waals surface area contributed by atoms with E-state index in [2.05, 4.69) is 19.4 Å². The minimum atomic E-state index is 0.913. The third-order valence-electron chi connectivity index (χ3n) is 1.37. The molecule has 0 atom stereocenters. The van der Waals surface area contributed by atoms with Gasteiger partial charge >= 0.3 is 0 Å². The fraction of sp³-hybridized carbons (Fsp3) is 0. The van der Waals surface area contributed by atoms with Gasteiger partial charge in [-0.05, 0) is 12.2 Å². The number of rotatable bonds is 2. The molecule has 0 fully saturated rings. The van der Waals surface area contributed by atoms with Crippen LogP contribution in [0.2, 0.25) is 0 Å². The molecular weight excluding hydrogens is 156 g/mol. The van der Waals surface area contributed by atoms with Crippen molar-refractivity contribution >= 4 is 12.2 Å². The first-order valence-corrected chi connectivity index (χ1v) is 3.42. The maximum Gasteiger partial charge on any atom is 0.131 e. The quantitative estimate of drug-likeness (QED) is 0.675. The zero-order chi connectivity index (χ0) is 8.23. The second-order valence-electron chi connectivity index (χ2n) is 2.25. The largest absolute Gasteiger partial charge is 0.364 e. The van der Waals surface area contributed by atoms with E-state index in [-0.39, 0.29) is 0 Å². The van der Waals surface area contributed by atoms with Crippen LogP contribution < -0.4 is 0 Å². The molecule has 2 aromatic heterocycles. The summed E-state index contributed by atoms with van der Waals surface area (Å²) in [6.45, 7) is 0. The Hall–Kier alpha value is -1.84. The van der Waals surface area contributed by atoms with Gasteiger partial charge in [-0.25, -0.2) is 0 Å². The van der Waals surface area contributed by atoms with Crippen molar-refractivity contribution in [3.05, 3.63) is 36.0 Å². The summed E-state index contributed by atoms with van der Waals surface area (Å²) in [6, 6.07) is 0. The van der Waals surface area contributed by atoms with Crippen LogP contribution in [0.25, 0.3) is 12.2 Å². The highest BCUT2D eigenvalue weighted by Gasteiger charge is 1.90. The van der Waals surface area contributed by atoms with Gasteiger partial charge in [0.1, 0.15) is 12.5 Å². The summed E-state index contributed by atoms with van der Waals surface area (Å²) in [5.74, 6) is 0. The predicted molar refractivity (Wildman–Crippen MR) is 41.9 cm³/mol. The molecule has 0 saturated heterocycles. The van der Waals surface area contributed by atoms with Crippen LogP contribution in [0, 0.1) is 0 Å². The molecule has 60 valence electrons. The minimum absolute atomic E-state index is 0.913. The Bertz CT molecular complexity index is 312. The Kier molecular flexibility index (Phi) is 1.74. The van der Waals surface area contributed by atoms with Crippen LogP contribution in [0.4, 0.5) is 0 Å². The van der Waals surface area contributed by atoms with Crippen LogP contribution >= 0.6 is 0 Å². The lowest BCUT2D eigenvalue weighted by molar-refractivity contribution is 0.419. The van der Waals surface area contributed by atoms with Gasteiger partial charge in [0.15, 0.2) is 0 Å². The number of hydrogen-bond acceptors (Lipinski definition) is 4. The van der Waals surface area contributed by atoms with Gasteiger partial charge < -0.3 is 9.05 Å². The Labute approximate surface area is 68.5 Å². The molecule has 0 saturated carbocycles. The molecule has 0 radical (unpaired) electrons. The van der Waals surface area contributed by atoms with Crippen molar-refractivity contribution in [3.63, 3.8) is 0 Å². The van der Waals surface area contributed by atoms with Crippen LogP contribution in [0.15, 0.2) is 34.0 Å². The standard InChI is InChI=1S/C8H6N2O2/c1(7-3-9-11-5-7)2-8-4-10-12-6-8/h1-6H. The highest BCUT2D eigenvalue weighted by molar-refractivity contribution is 5.67. The van der Waals surface area contributed by atoms with Gasteiger partial charge in [0, 0.05) is 11.1 Å². The summed E-state index contributed by atoms with van der Waals surface area (Å²) in [4.78, 5) is 0. The molecule has 0 aliphatic rings.